The van der Waals surface area contributed by atoms with E-state index in [0.717, 1.165) is 5.69 Å². The molecule has 0 spiro atoms. The zero-order valence-electron chi connectivity index (χ0n) is 9.10. The number of imidazole rings is 1. The Morgan fingerprint density at radius 3 is 2.56 bits per heavy atom. The van der Waals surface area contributed by atoms with Crippen LogP contribution in [0.3, 0.4) is 0 Å². The number of nitrogens with two attached hydrogens (primary N) is 1. The van der Waals surface area contributed by atoms with E-state index in [4.69, 9.17) is 5.73 Å². The largest absolute Gasteiger partial charge is 0.327 e. The summed E-state index contributed by atoms with van der Waals surface area (Å²) in [6.07, 6.45) is 5.24. The number of rotatable bonds is 3. The molecule has 0 fully saturated rings. The van der Waals surface area contributed by atoms with Gasteiger partial charge in [0.25, 0.3) is 0 Å². The minimum atomic E-state index is -1.46. The molecule has 2 N–H and O–H groups in total. The van der Waals surface area contributed by atoms with Crippen LogP contribution in [0.1, 0.15) is 12.5 Å². The summed E-state index contributed by atoms with van der Waals surface area (Å²) in [5.41, 5.74) is 5.46. The lowest BCUT2D eigenvalue weighted by molar-refractivity contribution is 0.203. The third kappa shape index (κ3) is 1.97. The van der Waals surface area contributed by atoms with Crippen LogP contribution in [0, 0.1) is 0 Å². The zero-order valence-corrected chi connectivity index (χ0v) is 9.10. The predicted molar refractivity (Wildman–Crippen MR) is 61.1 cm³/mol. The third-order valence-electron chi connectivity index (χ3n) is 2.66. The predicted octanol–water partition coefficient (Wildman–Crippen LogP) is 2.02. The molecular weight excluding hydrogens is 205 g/mol. The maximum absolute atomic E-state index is 13.9. The number of alkyl halides is 1. The molecule has 3 nitrogen and oxygen atoms in total. The van der Waals surface area contributed by atoms with Crippen LogP contribution in [-0.4, -0.2) is 16.1 Å². The summed E-state index contributed by atoms with van der Waals surface area (Å²) < 4.78 is 15.7. The van der Waals surface area contributed by atoms with Crippen molar-refractivity contribution in [3.05, 3.63) is 48.5 Å². The maximum atomic E-state index is 13.9. The van der Waals surface area contributed by atoms with Crippen molar-refractivity contribution in [3.63, 3.8) is 0 Å². The molecule has 0 aliphatic carbocycles. The number of aromatic nitrogens is 2. The van der Waals surface area contributed by atoms with Crippen molar-refractivity contribution in [2.45, 2.75) is 12.6 Å². The number of hydrogen-bond donors (Lipinski definition) is 1. The monoisotopic (exact) mass is 219 g/mol. The molecule has 0 aliphatic heterocycles. The third-order valence-corrected chi connectivity index (χ3v) is 2.66. The summed E-state index contributed by atoms with van der Waals surface area (Å²) in [6.45, 7) is 1.47. The minimum absolute atomic E-state index is 0.0164. The van der Waals surface area contributed by atoms with E-state index in [-0.39, 0.29) is 6.54 Å². The molecule has 4 heteroatoms. The Labute approximate surface area is 93.7 Å². The highest BCUT2D eigenvalue weighted by molar-refractivity contribution is 5.36. The average Bonchev–Trinajstić information content (AvgIpc) is 2.83. The van der Waals surface area contributed by atoms with Crippen LogP contribution in [0.5, 0.6) is 0 Å². The van der Waals surface area contributed by atoms with Gasteiger partial charge in [0.15, 0.2) is 0 Å². The van der Waals surface area contributed by atoms with Crippen LogP contribution in [0.2, 0.25) is 0 Å². The van der Waals surface area contributed by atoms with E-state index in [1.54, 1.807) is 24.7 Å². The van der Waals surface area contributed by atoms with Crippen molar-refractivity contribution in [2.75, 3.05) is 6.54 Å². The van der Waals surface area contributed by atoms with Gasteiger partial charge in [-0.15, -0.1) is 0 Å². The molecule has 1 heterocycles. The number of benzene rings is 1. The highest BCUT2D eigenvalue weighted by atomic mass is 19.1. The molecular formula is C12H14FN3. The fraction of sp³-hybridized carbons (Fsp3) is 0.250. The lowest BCUT2D eigenvalue weighted by Gasteiger charge is -2.18. The Hall–Kier alpha value is -1.68. The second-order valence-electron chi connectivity index (χ2n) is 3.92. The van der Waals surface area contributed by atoms with Crippen molar-refractivity contribution in [1.82, 2.24) is 9.55 Å². The van der Waals surface area contributed by atoms with E-state index in [1.165, 1.54) is 6.92 Å². The molecule has 0 amide bonds. The first-order chi connectivity index (χ1) is 7.63. The van der Waals surface area contributed by atoms with Crippen LogP contribution < -0.4 is 5.73 Å². The topological polar surface area (TPSA) is 43.8 Å². The smallest absolute Gasteiger partial charge is 0.145 e. The van der Waals surface area contributed by atoms with E-state index in [2.05, 4.69) is 4.98 Å². The lowest BCUT2D eigenvalue weighted by atomic mass is 9.98. The van der Waals surface area contributed by atoms with Crippen molar-refractivity contribution in [2.24, 2.45) is 5.73 Å². The summed E-state index contributed by atoms with van der Waals surface area (Å²) in [5, 5.41) is 0. The van der Waals surface area contributed by atoms with Crippen LogP contribution in [0.15, 0.2) is 43.0 Å². The van der Waals surface area contributed by atoms with Gasteiger partial charge in [0.05, 0.1) is 6.33 Å². The normalized spacial score (nSPS) is 14.7. The van der Waals surface area contributed by atoms with Gasteiger partial charge in [-0.25, -0.2) is 9.37 Å². The summed E-state index contributed by atoms with van der Waals surface area (Å²) >= 11 is 0. The fourth-order valence-electron chi connectivity index (χ4n) is 1.51. The zero-order chi connectivity index (χ0) is 11.6. The summed E-state index contributed by atoms with van der Waals surface area (Å²) in [6, 6.07) is 7.21. The molecule has 0 saturated heterocycles. The summed E-state index contributed by atoms with van der Waals surface area (Å²) in [5.74, 6) is 0. The molecule has 1 unspecified atom stereocenters. The van der Waals surface area contributed by atoms with Crippen LogP contribution in [0.4, 0.5) is 4.39 Å². The van der Waals surface area contributed by atoms with Gasteiger partial charge >= 0.3 is 0 Å². The van der Waals surface area contributed by atoms with Gasteiger partial charge in [0, 0.05) is 24.6 Å². The van der Waals surface area contributed by atoms with Gasteiger partial charge in [0.2, 0.25) is 0 Å². The van der Waals surface area contributed by atoms with E-state index >= 15 is 0 Å². The Balaban J connectivity index is 2.30. The van der Waals surface area contributed by atoms with E-state index in [0.29, 0.717) is 5.56 Å². The molecule has 1 atom stereocenters. The molecule has 2 rings (SSSR count). The molecule has 16 heavy (non-hydrogen) atoms. The Morgan fingerprint density at radius 1 is 1.38 bits per heavy atom. The van der Waals surface area contributed by atoms with E-state index in [9.17, 15) is 4.39 Å². The Morgan fingerprint density at radius 2 is 2.06 bits per heavy atom. The Kier molecular flexibility index (Phi) is 2.75. The Bertz CT molecular complexity index is 446. The second kappa shape index (κ2) is 4.06. The maximum Gasteiger partial charge on any atom is 0.145 e. The van der Waals surface area contributed by atoms with E-state index < -0.39 is 5.67 Å². The number of halogens is 1. The van der Waals surface area contributed by atoms with Gasteiger partial charge in [-0.3, -0.25) is 0 Å². The van der Waals surface area contributed by atoms with Crippen LogP contribution in [-0.2, 0) is 5.67 Å². The molecule has 0 aliphatic rings. The molecule has 0 bridgehead atoms. The van der Waals surface area contributed by atoms with Crippen LogP contribution >= 0.6 is 0 Å². The lowest BCUT2D eigenvalue weighted by Crippen LogP contribution is -2.26. The first-order valence-corrected chi connectivity index (χ1v) is 5.11. The molecule has 1 aromatic carbocycles. The first kappa shape index (κ1) is 10.8. The summed E-state index contributed by atoms with van der Waals surface area (Å²) in [7, 11) is 0. The molecule has 84 valence electrons. The highest BCUT2D eigenvalue weighted by Gasteiger charge is 2.23. The van der Waals surface area contributed by atoms with Gasteiger partial charge < -0.3 is 10.3 Å². The van der Waals surface area contributed by atoms with Crippen molar-refractivity contribution in [1.29, 1.82) is 0 Å². The molecule has 0 radical (unpaired) electrons. The quantitative estimate of drug-likeness (QED) is 0.858. The van der Waals surface area contributed by atoms with Gasteiger partial charge in [0.1, 0.15) is 5.67 Å². The summed E-state index contributed by atoms with van der Waals surface area (Å²) in [4.78, 5) is 3.95. The van der Waals surface area contributed by atoms with Crippen molar-refractivity contribution in [3.8, 4) is 5.69 Å². The van der Waals surface area contributed by atoms with Crippen molar-refractivity contribution < 1.29 is 4.39 Å². The van der Waals surface area contributed by atoms with Crippen LogP contribution in [0.25, 0.3) is 5.69 Å². The first-order valence-electron chi connectivity index (χ1n) is 5.11. The average molecular weight is 219 g/mol. The SMILES string of the molecule is CC(F)(CN)c1ccc(-n2ccnc2)cc1. The fourth-order valence-corrected chi connectivity index (χ4v) is 1.51. The van der Waals surface area contributed by atoms with E-state index in [1.807, 2.05) is 22.9 Å². The number of nitrogens with zero attached hydrogens (tertiary/aromatic N) is 2. The molecule has 2 aromatic rings. The van der Waals surface area contributed by atoms with Gasteiger partial charge in [-0.2, -0.15) is 0 Å². The van der Waals surface area contributed by atoms with Gasteiger partial charge in [-0.1, -0.05) is 12.1 Å². The van der Waals surface area contributed by atoms with Gasteiger partial charge in [-0.05, 0) is 24.6 Å². The van der Waals surface area contributed by atoms with Crippen molar-refractivity contribution >= 4 is 0 Å². The highest BCUT2D eigenvalue weighted by Crippen LogP contribution is 2.24. The molecule has 1 aromatic heterocycles. The minimum Gasteiger partial charge on any atom is -0.327 e. The molecule has 0 saturated carbocycles. The standard InChI is InChI=1S/C12H14FN3/c1-12(13,8-14)10-2-4-11(5-3-10)16-7-6-15-9-16/h2-7,9H,8,14H2,1H3. The number of hydrogen-bond acceptors (Lipinski definition) is 2. The second-order valence-corrected chi connectivity index (χ2v) is 3.92.